The fraction of sp³-hybridized carbons (Fsp3) is 0.226. The van der Waals surface area contributed by atoms with Crippen molar-refractivity contribution in [1.29, 1.82) is 0 Å². The van der Waals surface area contributed by atoms with Crippen LogP contribution in [0.4, 0.5) is 17.2 Å². The molecule has 1 aliphatic rings. The van der Waals surface area contributed by atoms with Crippen LogP contribution in [0.3, 0.4) is 0 Å². The summed E-state index contributed by atoms with van der Waals surface area (Å²) in [6.45, 7) is 0.813. The molecule has 44 heavy (non-hydrogen) atoms. The van der Waals surface area contributed by atoms with E-state index in [1.807, 2.05) is 42.3 Å². The van der Waals surface area contributed by atoms with Crippen LogP contribution in [-0.4, -0.2) is 62.7 Å². The van der Waals surface area contributed by atoms with Gasteiger partial charge in [-0.3, -0.25) is 19.0 Å². The number of anilines is 3. The zero-order valence-corrected chi connectivity index (χ0v) is 24.2. The van der Waals surface area contributed by atoms with Crippen molar-refractivity contribution in [2.24, 2.45) is 0 Å². The molecule has 0 saturated carbocycles. The van der Waals surface area contributed by atoms with Gasteiger partial charge in [0, 0.05) is 51.1 Å². The van der Waals surface area contributed by atoms with Crippen molar-refractivity contribution in [3.05, 3.63) is 101 Å². The molecule has 2 amide bonds. The van der Waals surface area contributed by atoms with Crippen molar-refractivity contribution < 1.29 is 14.3 Å². The molecule has 224 valence electrons. The average Bonchev–Trinajstić information content (AvgIpc) is 3.67. The monoisotopic (exact) mass is 593 g/mol. The number of carbonyl (C=O) groups is 2. The largest absolute Gasteiger partial charge is 0.497 e. The van der Waals surface area contributed by atoms with E-state index in [1.165, 1.54) is 15.3 Å². The molecule has 3 N–H and O–H groups in total. The number of methoxy groups -OCH3 is 1. The first-order valence-corrected chi connectivity index (χ1v) is 14.1. The number of hydrogen-bond donors (Lipinski definition) is 3. The van der Waals surface area contributed by atoms with Gasteiger partial charge in [-0.15, -0.1) is 5.10 Å². The Bertz CT molecular complexity index is 1870. The number of benzene rings is 1. The number of ether oxygens (including phenoxy) is 1. The molecule has 13 nitrogen and oxygen atoms in total. The second-order valence-corrected chi connectivity index (χ2v) is 10.4. The summed E-state index contributed by atoms with van der Waals surface area (Å²) in [7, 11) is 3.54. The van der Waals surface area contributed by atoms with E-state index in [0.29, 0.717) is 42.4 Å². The number of pyridine rings is 2. The molecule has 4 aromatic heterocycles. The number of amides is 2. The Balaban J connectivity index is 1.35. The Kier molecular flexibility index (Phi) is 7.91. The zero-order chi connectivity index (χ0) is 30.6. The van der Waals surface area contributed by atoms with Gasteiger partial charge in [-0.05, 0) is 48.4 Å². The lowest BCUT2D eigenvalue weighted by molar-refractivity contribution is -0.119. The van der Waals surface area contributed by atoms with Gasteiger partial charge in [0.1, 0.15) is 17.3 Å². The minimum atomic E-state index is -0.385. The van der Waals surface area contributed by atoms with Crippen LogP contribution in [0.1, 0.15) is 28.9 Å². The molecule has 6 rings (SSSR count). The van der Waals surface area contributed by atoms with Gasteiger partial charge in [0.25, 0.3) is 11.5 Å². The number of nitrogens with one attached hydrogen (secondary N) is 3. The van der Waals surface area contributed by atoms with Crippen LogP contribution in [0, 0.1) is 0 Å². The van der Waals surface area contributed by atoms with Gasteiger partial charge in [-0.2, -0.15) is 0 Å². The third kappa shape index (κ3) is 5.93. The second kappa shape index (κ2) is 12.3. The maximum atomic E-state index is 13.4. The van der Waals surface area contributed by atoms with Gasteiger partial charge < -0.3 is 25.6 Å². The van der Waals surface area contributed by atoms with Gasteiger partial charge in [0.2, 0.25) is 5.91 Å². The smallest absolute Gasteiger partial charge is 0.279 e. The minimum absolute atomic E-state index is 0.0241. The fourth-order valence-corrected chi connectivity index (χ4v) is 5.08. The molecule has 5 heterocycles. The molecule has 1 saturated heterocycles. The molecular weight excluding hydrogens is 562 g/mol. The summed E-state index contributed by atoms with van der Waals surface area (Å²) in [6.07, 6.45) is 5.83. The Hall–Kier alpha value is -5.72. The highest BCUT2D eigenvalue weighted by atomic mass is 16.5. The number of hydrogen-bond acceptors (Lipinski definition) is 9. The molecule has 1 unspecified atom stereocenters. The van der Waals surface area contributed by atoms with Crippen molar-refractivity contribution in [2.75, 3.05) is 30.9 Å². The third-order valence-corrected chi connectivity index (χ3v) is 7.37. The normalized spacial score (nSPS) is 14.3. The van der Waals surface area contributed by atoms with E-state index < -0.39 is 0 Å². The second-order valence-electron chi connectivity index (χ2n) is 10.4. The van der Waals surface area contributed by atoms with Crippen LogP contribution in [-0.2, 0) is 11.3 Å². The number of rotatable bonds is 10. The van der Waals surface area contributed by atoms with Gasteiger partial charge in [-0.25, -0.2) is 14.5 Å². The van der Waals surface area contributed by atoms with Crippen LogP contribution < -0.4 is 31.1 Å². The van der Waals surface area contributed by atoms with Gasteiger partial charge >= 0.3 is 0 Å². The third-order valence-electron chi connectivity index (χ3n) is 7.37. The summed E-state index contributed by atoms with van der Waals surface area (Å²) in [5, 5.41) is 13.5. The van der Waals surface area contributed by atoms with Crippen molar-refractivity contribution in [2.45, 2.75) is 25.4 Å². The highest BCUT2D eigenvalue weighted by Gasteiger charge is 2.23. The van der Waals surface area contributed by atoms with Gasteiger partial charge in [0.15, 0.2) is 17.2 Å². The van der Waals surface area contributed by atoms with Crippen LogP contribution >= 0.6 is 0 Å². The summed E-state index contributed by atoms with van der Waals surface area (Å²) >= 11 is 0. The number of aromatic nitrogens is 5. The summed E-state index contributed by atoms with van der Waals surface area (Å²) in [5.41, 5.74) is 2.35. The highest BCUT2D eigenvalue weighted by molar-refractivity contribution is 5.94. The molecule has 1 aliphatic heterocycles. The quantitative estimate of drug-likeness (QED) is 0.222. The summed E-state index contributed by atoms with van der Waals surface area (Å²) in [5.74, 6) is 1.17. The molecule has 0 spiro atoms. The highest BCUT2D eigenvalue weighted by Crippen LogP contribution is 2.27. The van der Waals surface area contributed by atoms with E-state index in [1.54, 1.807) is 49.8 Å². The lowest BCUT2D eigenvalue weighted by atomic mass is 10.2. The van der Waals surface area contributed by atoms with E-state index in [0.717, 1.165) is 11.3 Å². The Morgan fingerprint density at radius 2 is 1.95 bits per heavy atom. The predicted octanol–water partition coefficient (Wildman–Crippen LogP) is 2.67. The van der Waals surface area contributed by atoms with Crippen molar-refractivity contribution in [3.8, 4) is 11.6 Å². The van der Waals surface area contributed by atoms with E-state index in [-0.39, 0.29) is 41.3 Å². The Morgan fingerprint density at radius 1 is 1.11 bits per heavy atom. The molecule has 5 aromatic rings. The average molecular weight is 594 g/mol. The van der Waals surface area contributed by atoms with E-state index in [4.69, 9.17) is 4.74 Å². The van der Waals surface area contributed by atoms with Crippen LogP contribution in [0.5, 0.6) is 5.75 Å². The fourth-order valence-electron chi connectivity index (χ4n) is 5.08. The molecule has 1 fully saturated rings. The number of carbonyl (C=O) groups excluding carboxylic acids is 2. The topological polar surface area (TPSA) is 148 Å². The molecule has 0 aliphatic carbocycles. The number of nitrogens with zero attached hydrogens (tertiary/aromatic N) is 6. The molecule has 0 radical (unpaired) electrons. The lowest BCUT2D eigenvalue weighted by Crippen LogP contribution is -2.38. The first kappa shape index (κ1) is 28.4. The van der Waals surface area contributed by atoms with Crippen LogP contribution in [0.15, 0.2) is 84.0 Å². The minimum Gasteiger partial charge on any atom is -0.497 e. The summed E-state index contributed by atoms with van der Waals surface area (Å²) < 4.78 is 8.19. The van der Waals surface area contributed by atoms with E-state index >= 15 is 0 Å². The molecule has 13 heteroatoms. The first-order chi connectivity index (χ1) is 21.4. The standard InChI is InChI=1S/C31H31N9O4/c1-38(19-20-8-11-22(44-2)12-9-20)24-16-26(36-23-6-5-15-39(31(23)43)27-7-3-4-14-32-27)37-40-25(18-33-29(24)40)30(42)34-17-21-10-13-28(41)35-21/h3-9,11-12,14-16,18,21H,10,13,17,19H2,1-2H3,(H,34,42)(H,35,41)(H,36,37). The zero-order valence-electron chi connectivity index (χ0n) is 24.2. The van der Waals surface area contributed by atoms with Crippen molar-refractivity contribution in [3.63, 3.8) is 0 Å². The summed E-state index contributed by atoms with van der Waals surface area (Å²) in [6, 6.07) is 18.1. The Labute approximate surface area is 252 Å². The van der Waals surface area contributed by atoms with Gasteiger partial charge in [-0.1, -0.05) is 18.2 Å². The molecule has 1 atom stereocenters. The van der Waals surface area contributed by atoms with E-state index in [9.17, 15) is 14.4 Å². The van der Waals surface area contributed by atoms with Crippen molar-refractivity contribution >= 4 is 34.7 Å². The predicted molar refractivity (Wildman–Crippen MR) is 165 cm³/mol. The van der Waals surface area contributed by atoms with Crippen molar-refractivity contribution in [1.82, 2.24) is 34.8 Å². The molecular formula is C31H31N9O4. The van der Waals surface area contributed by atoms with Crippen LogP contribution in [0.2, 0.25) is 0 Å². The first-order valence-electron chi connectivity index (χ1n) is 14.1. The molecule has 1 aromatic carbocycles. The van der Waals surface area contributed by atoms with Gasteiger partial charge in [0.05, 0.1) is 19.0 Å². The number of fused-ring (bicyclic) bond motifs is 1. The lowest BCUT2D eigenvalue weighted by Gasteiger charge is -2.21. The Morgan fingerprint density at radius 3 is 2.68 bits per heavy atom. The van der Waals surface area contributed by atoms with E-state index in [2.05, 4.69) is 31.0 Å². The van der Waals surface area contributed by atoms with Crippen LogP contribution in [0.25, 0.3) is 11.5 Å². The molecule has 0 bridgehead atoms. The maximum absolute atomic E-state index is 13.4. The number of imidazole rings is 1. The maximum Gasteiger partial charge on any atom is 0.279 e. The SMILES string of the molecule is COc1ccc(CN(C)c2cc(Nc3cccn(-c4ccccn4)c3=O)nn3c(C(=O)NCC4CCC(=O)N4)cnc23)cc1. The summed E-state index contributed by atoms with van der Waals surface area (Å²) in [4.78, 5) is 49.1.